The van der Waals surface area contributed by atoms with Crippen LogP contribution in [0, 0.1) is 6.92 Å². The Morgan fingerprint density at radius 3 is 2.43 bits per heavy atom. The van der Waals surface area contributed by atoms with Crippen molar-refractivity contribution in [2.24, 2.45) is 0 Å². The molecule has 0 radical (unpaired) electrons. The van der Waals surface area contributed by atoms with Gasteiger partial charge in [0, 0.05) is 31.7 Å². The zero-order chi connectivity index (χ0) is 21.2. The van der Waals surface area contributed by atoms with Crippen molar-refractivity contribution in [1.29, 1.82) is 0 Å². The van der Waals surface area contributed by atoms with Crippen LogP contribution in [0.5, 0.6) is 0 Å². The minimum Gasteiger partial charge on any atom is -0.550 e. The van der Waals surface area contributed by atoms with Crippen molar-refractivity contribution < 1.29 is 28.3 Å². The van der Waals surface area contributed by atoms with E-state index in [2.05, 4.69) is 19.9 Å². The summed E-state index contributed by atoms with van der Waals surface area (Å²) in [4.78, 5) is 22.9. The van der Waals surface area contributed by atoms with Crippen LogP contribution in [0.25, 0.3) is 0 Å². The summed E-state index contributed by atoms with van der Waals surface area (Å²) < 4.78 is 11.8. The second kappa shape index (κ2) is 11.9. The van der Waals surface area contributed by atoms with Crippen molar-refractivity contribution in [3.05, 3.63) is 23.2 Å². The molecular weight excluding hydrogens is 358 g/mol. The molecule has 6 nitrogen and oxygen atoms in total. The van der Waals surface area contributed by atoms with E-state index in [0.717, 1.165) is 56.5 Å². The van der Waals surface area contributed by atoms with E-state index in [1.807, 2.05) is 21.1 Å². The average Bonchev–Trinajstić information content (AvgIpc) is 2.88. The van der Waals surface area contributed by atoms with E-state index in [4.69, 9.17) is 9.15 Å². The number of ether oxygens (including phenoxy) is 1. The number of aliphatic carboxylic acids is 1. The predicted octanol–water partition coefficient (Wildman–Crippen LogP) is 2.79. The molecule has 0 spiro atoms. The maximum absolute atomic E-state index is 12.0. The van der Waals surface area contributed by atoms with Crippen LogP contribution in [0.3, 0.4) is 0 Å². The first-order valence-electron chi connectivity index (χ1n) is 10.4. The Balaban J connectivity index is 2.25. The molecule has 0 aliphatic heterocycles. The van der Waals surface area contributed by atoms with Gasteiger partial charge in [0.25, 0.3) is 0 Å². The summed E-state index contributed by atoms with van der Waals surface area (Å²) in [6.07, 6.45) is 6.16. The SMILES string of the molecule is CCCc1cc(C)c(CCCCCCC(=O)OC(CC(=O)[O-])C[N+](C)(C)C)o1. The van der Waals surface area contributed by atoms with Gasteiger partial charge < -0.3 is 23.5 Å². The van der Waals surface area contributed by atoms with Crippen molar-refractivity contribution in [3.63, 3.8) is 0 Å². The molecule has 0 bridgehead atoms. The fourth-order valence-electron chi connectivity index (χ4n) is 3.30. The molecule has 28 heavy (non-hydrogen) atoms. The summed E-state index contributed by atoms with van der Waals surface area (Å²) >= 11 is 0. The number of rotatable bonds is 14. The number of carbonyl (C=O) groups is 2. The highest BCUT2D eigenvalue weighted by Crippen LogP contribution is 2.19. The Morgan fingerprint density at radius 1 is 1.14 bits per heavy atom. The number of unbranched alkanes of at least 4 members (excludes halogenated alkanes) is 3. The zero-order valence-corrected chi connectivity index (χ0v) is 18.2. The molecule has 1 aromatic rings. The number of quaternary nitrogens is 1. The highest BCUT2D eigenvalue weighted by Gasteiger charge is 2.22. The van der Waals surface area contributed by atoms with Crippen molar-refractivity contribution in [2.45, 2.75) is 77.7 Å². The molecule has 1 aromatic heterocycles. The maximum atomic E-state index is 12.0. The lowest BCUT2D eigenvalue weighted by Gasteiger charge is -2.29. The molecule has 6 heteroatoms. The number of carbonyl (C=O) groups excluding carboxylic acids is 2. The van der Waals surface area contributed by atoms with Crippen LogP contribution in [-0.4, -0.2) is 50.2 Å². The first kappa shape index (κ1) is 24.2. The van der Waals surface area contributed by atoms with Crippen molar-refractivity contribution in [2.75, 3.05) is 27.7 Å². The molecule has 0 aromatic carbocycles. The molecule has 0 saturated heterocycles. The molecule has 0 fully saturated rings. The molecule has 1 atom stereocenters. The standard InChI is InChI=1S/C22H37NO5/c1-6-11-18-14-17(2)20(27-18)12-9-7-8-10-13-22(26)28-19(15-21(24)25)16-23(3,4)5/h14,19H,6-13,15-16H2,1-5H3. The van der Waals surface area contributed by atoms with E-state index < -0.39 is 12.1 Å². The summed E-state index contributed by atoms with van der Waals surface area (Å²) in [6, 6.07) is 2.13. The summed E-state index contributed by atoms with van der Waals surface area (Å²) in [5.74, 6) is 0.623. The highest BCUT2D eigenvalue weighted by atomic mass is 16.5. The lowest BCUT2D eigenvalue weighted by Crippen LogP contribution is -2.45. The van der Waals surface area contributed by atoms with Gasteiger partial charge in [-0.15, -0.1) is 0 Å². The number of nitrogens with zero attached hydrogens (tertiary/aromatic N) is 1. The Hall–Kier alpha value is -1.82. The molecule has 0 aliphatic carbocycles. The van der Waals surface area contributed by atoms with Crippen molar-refractivity contribution >= 4 is 11.9 Å². The van der Waals surface area contributed by atoms with E-state index in [1.165, 1.54) is 5.56 Å². The quantitative estimate of drug-likeness (QED) is 0.275. The third kappa shape index (κ3) is 10.5. The van der Waals surface area contributed by atoms with Crippen LogP contribution < -0.4 is 5.11 Å². The number of carboxylic acid groups (broad SMARTS) is 1. The predicted molar refractivity (Wildman–Crippen MR) is 107 cm³/mol. The second-order valence-corrected chi connectivity index (χ2v) is 8.64. The molecule has 0 N–H and O–H groups in total. The molecule has 0 amide bonds. The van der Waals surface area contributed by atoms with Crippen LogP contribution in [0.2, 0.25) is 0 Å². The number of hydrogen-bond donors (Lipinski definition) is 0. The normalized spacial score (nSPS) is 12.8. The number of aryl methyl sites for hydroxylation is 3. The third-order valence-electron chi connectivity index (χ3n) is 4.55. The molecule has 0 aliphatic rings. The van der Waals surface area contributed by atoms with Crippen molar-refractivity contribution in [3.8, 4) is 0 Å². The fraction of sp³-hybridized carbons (Fsp3) is 0.727. The van der Waals surface area contributed by atoms with Gasteiger partial charge in [-0.05, 0) is 37.8 Å². The molecular formula is C22H37NO5. The van der Waals surface area contributed by atoms with Gasteiger partial charge in [-0.25, -0.2) is 0 Å². The van der Waals surface area contributed by atoms with Crippen LogP contribution in [0.15, 0.2) is 10.5 Å². The first-order valence-corrected chi connectivity index (χ1v) is 10.4. The van der Waals surface area contributed by atoms with Crippen molar-refractivity contribution in [1.82, 2.24) is 0 Å². The number of hydrogen-bond acceptors (Lipinski definition) is 5. The zero-order valence-electron chi connectivity index (χ0n) is 18.2. The average molecular weight is 396 g/mol. The summed E-state index contributed by atoms with van der Waals surface area (Å²) in [5, 5.41) is 10.9. The largest absolute Gasteiger partial charge is 0.550 e. The van der Waals surface area contributed by atoms with Gasteiger partial charge in [-0.1, -0.05) is 19.8 Å². The first-order chi connectivity index (χ1) is 13.1. The van der Waals surface area contributed by atoms with E-state index in [9.17, 15) is 14.7 Å². The number of likely N-dealkylation sites (N-methyl/N-ethyl adjacent to an activating group) is 1. The molecule has 0 saturated carbocycles. The van der Waals surface area contributed by atoms with Gasteiger partial charge >= 0.3 is 5.97 Å². The summed E-state index contributed by atoms with van der Waals surface area (Å²) in [6.45, 7) is 4.68. The lowest BCUT2D eigenvalue weighted by molar-refractivity contribution is -0.873. The lowest BCUT2D eigenvalue weighted by atomic mass is 10.1. The van der Waals surface area contributed by atoms with Crippen LogP contribution in [0.1, 0.15) is 69.0 Å². The Labute approximate surface area is 169 Å². The Bertz CT molecular complexity index is 615. The Kier molecular flexibility index (Phi) is 10.3. The number of carboxylic acids is 1. The van der Waals surface area contributed by atoms with Crippen LogP contribution >= 0.6 is 0 Å². The smallest absolute Gasteiger partial charge is 0.306 e. The number of furan rings is 1. The van der Waals surface area contributed by atoms with Gasteiger partial charge in [-0.2, -0.15) is 0 Å². The van der Waals surface area contributed by atoms with E-state index in [0.29, 0.717) is 17.4 Å². The number of esters is 1. The van der Waals surface area contributed by atoms with Crippen LogP contribution in [-0.2, 0) is 27.2 Å². The monoisotopic (exact) mass is 395 g/mol. The molecule has 1 rings (SSSR count). The Morgan fingerprint density at radius 2 is 1.82 bits per heavy atom. The minimum absolute atomic E-state index is 0.260. The minimum atomic E-state index is -1.19. The van der Waals surface area contributed by atoms with E-state index >= 15 is 0 Å². The van der Waals surface area contributed by atoms with Gasteiger partial charge in [0.1, 0.15) is 18.1 Å². The highest BCUT2D eigenvalue weighted by molar-refractivity contribution is 5.70. The fourth-order valence-corrected chi connectivity index (χ4v) is 3.30. The summed E-state index contributed by atoms with van der Waals surface area (Å²) in [7, 11) is 5.80. The summed E-state index contributed by atoms with van der Waals surface area (Å²) in [5.41, 5.74) is 1.23. The topological polar surface area (TPSA) is 79.6 Å². The maximum Gasteiger partial charge on any atom is 0.306 e. The second-order valence-electron chi connectivity index (χ2n) is 8.64. The van der Waals surface area contributed by atoms with Gasteiger partial charge in [0.2, 0.25) is 0 Å². The third-order valence-corrected chi connectivity index (χ3v) is 4.55. The molecule has 1 heterocycles. The molecule has 1 unspecified atom stereocenters. The molecule has 160 valence electrons. The van der Waals surface area contributed by atoms with Gasteiger partial charge in [0.15, 0.2) is 6.10 Å². The van der Waals surface area contributed by atoms with Gasteiger partial charge in [0.05, 0.1) is 21.1 Å². The van der Waals surface area contributed by atoms with Gasteiger partial charge in [-0.3, -0.25) is 4.79 Å². The van der Waals surface area contributed by atoms with E-state index in [-0.39, 0.29) is 12.4 Å². The van der Waals surface area contributed by atoms with E-state index in [1.54, 1.807) is 0 Å². The van der Waals surface area contributed by atoms with Crippen LogP contribution in [0.4, 0.5) is 0 Å².